The highest BCUT2D eigenvalue weighted by molar-refractivity contribution is 6.29. The summed E-state index contributed by atoms with van der Waals surface area (Å²) in [6.45, 7) is 3.35. The molecule has 1 aromatic heterocycles. The third-order valence-electron chi connectivity index (χ3n) is 2.80. The number of aliphatic carboxylic acids is 1. The van der Waals surface area contributed by atoms with Gasteiger partial charge in [-0.15, -0.1) is 10.2 Å². The molecule has 0 aliphatic heterocycles. The molecule has 0 spiro atoms. The summed E-state index contributed by atoms with van der Waals surface area (Å²) in [5.41, 5.74) is -0.890. The van der Waals surface area contributed by atoms with Crippen LogP contribution in [0.5, 0.6) is 0 Å². The molecule has 1 rings (SSSR count). The second-order valence-corrected chi connectivity index (χ2v) is 4.53. The number of nitrogens with one attached hydrogen (secondary N) is 1. The van der Waals surface area contributed by atoms with Crippen LogP contribution in [0, 0.1) is 5.41 Å². The Morgan fingerprint density at radius 1 is 1.44 bits per heavy atom. The van der Waals surface area contributed by atoms with E-state index in [0.29, 0.717) is 6.42 Å². The number of hydrogen-bond acceptors (Lipinski definition) is 4. The van der Waals surface area contributed by atoms with Crippen molar-refractivity contribution in [3.05, 3.63) is 23.0 Å². The SMILES string of the molecule is CCC(C)(CNC(=O)c1ccc(Cl)nn1)C(=O)O. The molecule has 1 heterocycles. The van der Waals surface area contributed by atoms with Crippen molar-refractivity contribution in [1.82, 2.24) is 15.5 Å². The van der Waals surface area contributed by atoms with Gasteiger partial charge in [-0.25, -0.2) is 0 Å². The lowest BCUT2D eigenvalue weighted by Gasteiger charge is -2.22. The van der Waals surface area contributed by atoms with Crippen LogP contribution in [0.25, 0.3) is 0 Å². The Balaban J connectivity index is 2.66. The molecule has 1 atom stereocenters. The Labute approximate surface area is 109 Å². The Morgan fingerprint density at radius 2 is 2.11 bits per heavy atom. The first kappa shape index (κ1) is 14.4. The molecule has 0 aliphatic rings. The molecule has 1 unspecified atom stereocenters. The predicted octanol–water partition coefficient (Wildman–Crippen LogP) is 1.36. The minimum absolute atomic E-state index is 0.0297. The highest BCUT2D eigenvalue weighted by Crippen LogP contribution is 2.19. The summed E-state index contributed by atoms with van der Waals surface area (Å²) < 4.78 is 0. The fraction of sp³-hybridized carbons (Fsp3) is 0.455. The monoisotopic (exact) mass is 271 g/mol. The average Bonchev–Trinajstić information content (AvgIpc) is 2.36. The zero-order chi connectivity index (χ0) is 13.8. The second kappa shape index (κ2) is 5.77. The van der Waals surface area contributed by atoms with Gasteiger partial charge in [0.2, 0.25) is 0 Å². The number of carbonyl (C=O) groups excluding carboxylic acids is 1. The lowest BCUT2D eigenvalue weighted by molar-refractivity contribution is -0.147. The molecular weight excluding hydrogens is 258 g/mol. The maximum atomic E-state index is 11.7. The third-order valence-corrected chi connectivity index (χ3v) is 3.00. The number of amides is 1. The van der Waals surface area contributed by atoms with E-state index >= 15 is 0 Å². The Bertz CT molecular complexity index is 449. The van der Waals surface area contributed by atoms with Gasteiger partial charge in [-0.1, -0.05) is 18.5 Å². The van der Waals surface area contributed by atoms with Crippen LogP contribution in [0.4, 0.5) is 0 Å². The summed E-state index contributed by atoms with van der Waals surface area (Å²) in [4.78, 5) is 22.7. The molecule has 2 N–H and O–H groups in total. The third kappa shape index (κ3) is 3.40. The summed E-state index contributed by atoms with van der Waals surface area (Å²) in [5, 5.41) is 18.9. The van der Waals surface area contributed by atoms with Crippen molar-refractivity contribution in [2.75, 3.05) is 6.54 Å². The average molecular weight is 272 g/mol. The number of hydrogen-bond donors (Lipinski definition) is 2. The van der Waals surface area contributed by atoms with Crippen molar-refractivity contribution in [3.8, 4) is 0 Å². The van der Waals surface area contributed by atoms with Crippen LogP contribution in [-0.2, 0) is 4.79 Å². The van der Waals surface area contributed by atoms with Crippen molar-refractivity contribution in [2.45, 2.75) is 20.3 Å². The maximum absolute atomic E-state index is 11.7. The lowest BCUT2D eigenvalue weighted by Crippen LogP contribution is -2.40. The van der Waals surface area contributed by atoms with Crippen LogP contribution in [0.15, 0.2) is 12.1 Å². The van der Waals surface area contributed by atoms with Crippen molar-refractivity contribution >= 4 is 23.5 Å². The molecule has 0 aromatic carbocycles. The minimum atomic E-state index is -0.991. The van der Waals surface area contributed by atoms with Gasteiger partial charge in [0.15, 0.2) is 10.8 Å². The first-order valence-electron chi connectivity index (χ1n) is 5.40. The zero-order valence-electron chi connectivity index (χ0n) is 10.1. The van der Waals surface area contributed by atoms with E-state index in [0.717, 1.165) is 0 Å². The van der Waals surface area contributed by atoms with E-state index in [4.69, 9.17) is 16.7 Å². The lowest BCUT2D eigenvalue weighted by atomic mass is 9.88. The number of carbonyl (C=O) groups is 2. The van der Waals surface area contributed by atoms with Gasteiger partial charge in [0, 0.05) is 6.54 Å². The van der Waals surface area contributed by atoms with E-state index in [2.05, 4.69) is 15.5 Å². The summed E-state index contributed by atoms with van der Waals surface area (Å²) in [7, 11) is 0. The second-order valence-electron chi connectivity index (χ2n) is 4.14. The number of halogens is 1. The quantitative estimate of drug-likeness (QED) is 0.844. The molecule has 0 fully saturated rings. The smallest absolute Gasteiger partial charge is 0.311 e. The normalized spacial score (nSPS) is 13.7. The van der Waals surface area contributed by atoms with Crippen molar-refractivity contribution in [3.63, 3.8) is 0 Å². The van der Waals surface area contributed by atoms with Gasteiger partial charge in [0.05, 0.1) is 5.41 Å². The summed E-state index contributed by atoms with van der Waals surface area (Å²) in [6.07, 6.45) is 0.412. The topological polar surface area (TPSA) is 92.2 Å². The minimum Gasteiger partial charge on any atom is -0.481 e. The van der Waals surface area contributed by atoms with Crippen LogP contribution >= 0.6 is 11.6 Å². The molecule has 0 bridgehead atoms. The molecule has 0 aliphatic carbocycles. The Kier molecular flexibility index (Phi) is 4.61. The highest BCUT2D eigenvalue weighted by Gasteiger charge is 2.31. The molecule has 0 saturated carbocycles. The van der Waals surface area contributed by atoms with Crippen LogP contribution in [0.3, 0.4) is 0 Å². The van der Waals surface area contributed by atoms with Gasteiger partial charge in [0.25, 0.3) is 5.91 Å². The predicted molar refractivity (Wildman–Crippen MR) is 65.4 cm³/mol. The number of aromatic nitrogens is 2. The van der Waals surface area contributed by atoms with E-state index in [1.165, 1.54) is 12.1 Å². The van der Waals surface area contributed by atoms with Crippen LogP contribution in [0.1, 0.15) is 30.8 Å². The van der Waals surface area contributed by atoms with Gasteiger partial charge < -0.3 is 10.4 Å². The Hall–Kier alpha value is -1.69. The van der Waals surface area contributed by atoms with Crippen LogP contribution < -0.4 is 5.32 Å². The van der Waals surface area contributed by atoms with Gasteiger partial charge in [0.1, 0.15) is 0 Å². The largest absolute Gasteiger partial charge is 0.481 e. The number of rotatable bonds is 5. The fourth-order valence-corrected chi connectivity index (χ4v) is 1.26. The molecule has 0 radical (unpaired) electrons. The summed E-state index contributed by atoms with van der Waals surface area (Å²) in [6, 6.07) is 2.87. The van der Waals surface area contributed by atoms with Gasteiger partial charge >= 0.3 is 5.97 Å². The first-order chi connectivity index (χ1) is 8.39. The molecule has 0 saturated heterocycles. The van der Waals surface area contributed by atoms with Crippen molar-refractivity contribution in [2.24, 2.45) is 5.41 Å². The molecular formula is C11H14ClN3O3. The van der Waals surface area contributed by atoms with E-state index in [9.17, 15) is 9.59 Å². The van der Waals surface area contributed by atoms with E-state index in [1.54, 1.807) is 13.8 Å². The summed E-state index contributed by atoms with van der Waals surface area (Å²) in [5.74, 6) is -1.42. The first-order valence-corrected chi connectivity index (χ1v) is 5.77. The van der Waals surface area contributed by atoms with Gasteiger partial charge in [-0.3, -0.25) is 9.59 Å². The van der Waals surface area contributed by atoms with Crippen LogP contribution in [-0.4, -0.2) is 33.7 Å². The van der Waals surface area contributed by atoms with Crippen molar-refractivity contribution in [1.29, 1.82) is 0 Å². The van der Waals surface area contributed by atoms with Crippen LogP contribution in [0.2, 0.25) is 5.15 Å². The molecule has 98 valence electrons. The van der Waals surface area contributed by atoms with E-state index < -0.39 is 17.3 Å². The molecule has 7 heteroatoms. The van der Waals surface area contributed by atoms with E-state index in [1.807, 2.05) is 0 Å². The van der Waals surface area contributed by atoms with Gasteiger partial charge in [-0.2, -0.15) is 0 Å². The Morgan fingerprint density at radius 3 is 2.56 bits per heavy atom. The van der Waals surface area contributed by atoms with E-state index in [-0.39, 0.29) is 17.4 Å². The molecule has 18 heavy (non-hydrogen) atoms. The highest BCUT2D eigenvalue weighted by atomic mass is 35.5. The fourth-order valence-electron chi connectivity index (χ4n) is 1.15. The van der Waals surface area contributed by atoms with Crippen molar-refractivity contribution < 1.29 is 14.7 Å². The molecule has 6 nitrogen and oxygen atoms in total. The summed E-state index contributed by atoms with van der Waals surface area (Å²) >= 11 is 5.55. The van der Waals surface area contributed by atoms with Gasteiger partial charge in [-0.05, 0) is 25.5 Å². The maximum Gasteiger partial charge on any atom is 0.311 e. The standard InChI is InChI=1S/C11H14ClN3O3/c1-3-11(2,10(17)18)6-13-9(16)7-4-5-8(12)15-14-7/h4-5H,3,6H2,1-2H3,(H,13,16)(H,17,18). The zero-order valence-corrected chi connectivity index (χ0v) is 10.9. The number of carboxylic acids is 1. The molecule has 1 aromatic rings. The number of nitrogens with zero attached hydrogens (tertiary/aromatic N) is 2. The molecule has 1 amide bonds. The number of carboxylic acid groups (broad SMARTS) is 1.